The Kier molecular flexibility index (Phi) is 6.43. The van der Waals surface area contributed by atoms with Crippen LogP contribution in [-0.4, -0.2) is 54.7 Å². The van der Waals surface area contributed by atoms with Crippen LogP contribution in [0.15, 0.2) is 0 Å². The molecule has 1 unspecified atom stereocenters. The van der Waals surface area contributed by atoms with Gasteiger partial charge in [-0.15, -0.1) is 0 Å². The molecule has 1 aliphatic heterocycles. The van der Waals surface area contributed by atoms with Crippen molar-refractivity contribution in [1.82, 2.24) is 10.2 Å². The molecule has 1 amide bonds. The molecule has 0 aromatic carbocycles. The maximum absolute atomic E-state index is 11.6. The number of amides is 1. The van der Waals surface area contributed by atoms with Gasteiger partial charge in [0.25, 0.3) is 0 Å². The largest absolute Gasteiger partial charge is 0.373 e. The average molecular weight is 285 g/mol. The fourth-order valence-corrected chi connectivity index (χ4v) is 2.66. The van der Waals surface area contributed by atoms with Crippen LogP contribution in [0.25, 0.3) is 0 Å². The monoisotopic (exact) mass is 285 g/mol. The van der Waals surface area contributed by atoms with Crippen LogP contribution in [0.1, 0.15) is 47.0 Å². The van der Waals surface area contributed by atoms with Crippen molar-refractivity contribution in [2.75, 3.05) is 32.8 Å². The van der Waals surface area contributed by atoms with E-state index < -0.39 is 5.54 Å². The van der Waals surface area contributed by atoms with E-state index in [1.54, 1.807) is 0 Å². The summed E-state index contributed by atoms with van der Waals surface area (Å²) in [4.78, 5) is 14.0. The number of nitrogens with one attached hydrogen (secondary N) is 1. The lowest BCUT2D eigenvalue weighted by atomic mass is 9.94. The zero-order valence-electron chi connectivity index (χ0n) is 13.5. The van der Waals surface area contributed by atoms with Crippen molar-refractivity contribution in [3.63, 3.8) is 0 Å². The third-order valence-electron chi connectivity index (χ3n) is 3.96. The molecule has 1 heterocycles. The molecule has 0 aromatic heterocycles. The van der Waals surface area contributed by atoms with Gasteiger partial charge in [-0.3, -0.25) is 9.69 Å². The third-order valence-corrected chi connectivity index (χ3v) is 3.96. The number of hydrogen-bond acceptors (Lipinski definition) is 4. The normalized spacial score (nSPS) is 22.4. The smallest absolute Gasteiger partial charge is 0.237 e. The third kappa shape index (κ3) is 5.38. The summed E-state index contributed by atoms with van der Waals surface area (Å²) in [7, 11) is 0. The Hall–Kier alpha value is -0.650. The first-order chi connectivity index (χ1) is 9.29. The minimum Gasteiger partial charge on any atom is -0.373 e. The number of nitrogens with two attached hydrogens (primary N) is 1. The summed E-state index contributed by atoms with van der Waals surface area (Å²) in [5.74, 6) is -0.256. The number of carbonyl (C=O) groups excluding carboxylic acids is 1. The van der Waals surface area contributed by atoms with Gasteiger partial charge >= 0.3 is 0 Å². The van der Waals surface area contributed by atoms with E-state index in [4.69, 9.17) is 10.5 Å². The summed E-state index contributed by atoms with van der Waals surface area (Å²) in [6.45, 7) is 12.8. The van der Waals surface area contributed by atoms with E-state index >= 15 is 0 Å². The molecule has 3 N–H and O–H groups in total. The molecule has 0 aromatic rings. The van der Waals surface area contributed by atoms with Crippen LogP contribution in [0.5, 0.6) is 0 Å². The fourth-order valence-electron chi connectivity index (χ4n) is 2.66. The van der Waals surface area contributed by atoms with E-state index in [0.717, 1.165) is 52.0 Å². The molecule has 0 saturated carbocycles. The molecule has 0 aliphatic carbocycles. The Morgan fingerprint density at radius 3 is 2.75 bits per heavy atom. The van der Waals surface area contributed by atoms with Gasteiger partial charge in [0, 0.05) is 13.1 Å². The number of hydrogen-bond donors (Lipinski definition) is 2. The zero-order valence-corrected chi connectivity index (χ0v) is 13.5. The molecule has 1 fully saturated rings. The van der Waals surface area contributed by atoms with Crippen molar-refractivity contribution in [2.45, 2.75) is 58.1 Å². The Morgan fingerprint density at radius 2 is 2.20 bits per heavy atom. The van der Waals surface area contributed by atoms with E-state index in [-0.39, 0.29) is 11.5 Å². The van der Waals surface area contributed by atoms with E-state index in [1.165, 1.54) is 0 Å². The Morgan fingerprint density at radius 1 is 1.50 bits per heavy atom. The van der Waals surface area contributed by atoms with Crippen LogP contribution in [-0.2, 0) is 9.53 Å². The van der Waals surface area contributed by atoms with Crippen LogP contribution in [0.4, 0.5) is 0 Å². The van der Waals surface area contributed by atoms with Gasteiger partial charge in [-0.25, -0.2) is 0 Å². The quantitative estimate of drug-likeness (QED) is 0.701. The highest BCUT2D eigenvalue weighted by Gasteiger charge is 2.31. The van der Waals surface area contributed by atoms with Crippen LogP contribution >= 0.6 is 0 Å². The van der Waals surface area contributed by atoms with Gasteiger partial charge in [0.15, 0.2) is 0 Å². The summed E-state index contributed by atoms with van der Waals surface area (Å²) in [5, 5.41) is 3.28. The first-order valence-electron chi connectivity index (χ1n) is 7.70. The summed E-state index contributed by atoms with van der Waals surface area (Å²) in [6, 6.07) is 0. The van der Waals surface area contributed by atoms with Crippen molar-refractivity contribution >= 4 is 5.91 Å². The van der Waals surface area contributed by atoms with Gasteiger partial charge in [-0.1, -0.05) is 6.92 Å². The van der Waals surface area contributed by atoms with Crippen molar-refractivity contribution in [3.05, 3.63) is 0 Å². The predicted molar refractivity (Wildman–Crippen MR) is 81.6 cm³/mol. The molecule has 0 spiro atoms. The lowest BCUT2D eigenvalue weighted by Gasteiger charge is -2.38. The van der Waals surface area contributed by atoms with Crippen molar-refractivity contribution in [1.29, 1.82) is 0 Å². The van der Waals surface area contributed by atoms with E-state index in [0.29, 0.717) is 0 Å². The second kappa shape index (κ2) is 7.38. The minimum atomic E-state index is -0.586. The molecule has 0 bridgehead atoms. The van der Waals surface area contributed by atoms with Gasteiger partial charge in [-0.2, -0.15) is 0 Å². The first-order valence-corrected chi connectivity index (χ1v) is 7.70. The Labute approximate surface area is 123 Å². The fraction of sp³-hybridized carbons (Fsp3) is 0.933. The summed E-state index contributed by atoms with van der Waals surface area (Å²) < 4.78 is 5.71. The van der Waals surface area contributed by atoms with Crippen molar-refractivity contribution in [3.8, 4) is 0 Å². The highest BCUT2D eigenvalue weighted by molar-refractivity contribution is 5.84. The Balaban J connectivity index is 2.38. The highest BCUT2D eigenvalue weighted by atomic mass is 16.5. The lowest BCUT2D eigenvalue weighted by Crippen LogP contribution is -2.54. The molecule has 5 nitrogen and oxygen atoms in total. The molecule has 1 rings (SSSR count). The lowest BCUT2D eigenvalue weighted by molar-refractivity contribution is -0.124. The molecule has 1 aliphatic rings. The number of carbonyl (C=O) groups is 1. The first kappa shape index (κ1) is 17.4. The van der Waals surface area contributed by atoms with Crippen molar-refractivity contribution < 1.29 is 9.53 Å². The number of rotatable bonds is 8. The summed E-state index contributed by atoms with van der Waals surface area (Å²) in [5.41, 5.74) is 4.89. The zero-order chi connectivity index (χ0) is 15.2. The maximum Gasteiger partial charge on any atom is 0.237 e. The standard InChI is InChI=1S/C15H31N3O2/c1-5-8-17-15(4,13(16)19)7-6-9-18-10-11-20-14(2,3)12-18/h17H,5-12H2,1-4H3,(H2,16,19). The number of morpholine rings is 1. The molecular formula is C15H31N3O2. The molecular weight excluding hydrogens is 254 g/mol. The van der Waals surface area contributed by atoms with E-state index in [2.05, 4.69) is 31.0 Å². The van der Waals surface area contributed by atoms with Crippen LogP contribution in [0, 0.1) is 0 Å². The number of ether oxygens (including phenoxy) is 1. The summed E-state index contributed by atoms with van der Waals surface area (Å²) in [6.07, 6.45) is 2.74. The minimum absolute atomic E-state index is 0.0638. The van der Waals surface area contributed by atoms with Gasteiger partial charge in [0.05, 0.1) is 17.7 Å². The maximum atomic E-state index is 11.6. The number of nitrogens with zero attached hydrogens (tertiary/aromatic N) is 1. The van der Waals surface area contributed by atoms with Crippen molar-refractivity contribution in [2.24, 2.45) is 5.73 Å². The van der Waals surface area contributed by atoms with Gasteiger partial charge in [0.1, 0.15) is 0 Å². The molecule has 5 heteroatoms. The number of primary amides is 1. The second-order valence-corrected chi connectivity index (χ2v) is 6.61. The Bertz CT molecular complexity index is 320. The van der Waals surface area contributed by atoms with Gasteiger partial charge in [0.2, 0.25) is 5.91 Å². The second-order valence-electron chi connectivity index (χ2n) is 6.61. The van der Waals surface area contributed by atoms with Crippen LogP contribution in [0.3, 0.4) is 0 Å². The topological polar surface area (TPSA) is 67.6 Å². The highest BCUT2D eigenvalue weighted by Crippen LogP contribution is 2.18. The molecule has 0 radical (unpaired) electrons. The van der Waals surface area contributed by atoms with Gasteiger partial charge < -0.3 is 15.8 Å². The summed E-state index contributed by atoms with van der Waals surface area (Å²) >= 11 is 0. The van der Waals surface area contributed by atoms with Crippen LogP contribution < -0.4 is 11.1 Å². The molecule has 118 valence electrons. The van der Waals surface area contributed by atoms with E-state index in [1.807, 2.05) is 6.92 Å². The predicted octanol–water partition coefficient (Wildman–Crippen LogP) is 1.12. The van der Waals surface area contributed by atoms with E-state index in [9.17, 15) is 4.79 Å². The SMILES string of the molecule is CCCNC(C)(CCCN1CCOC(C)(C)C1)C(N)=O. The molecule has 20 heavy (non-hydrogen) atoms. The molecule has 1 atom stereocenters. The van der Waals surface area contributed by atoms with Crippen LogP contribution in [0.2, 0.25) is 0 Å². The molecule has 1 saturated heterocycles. The van der Waals surface area contributed by atoms with Gasteiger partial charge in [-0.05, 0) is 53.1 Å². The average Bonchev–Trinajstić information content (AvgIpc) is 2.35.